The Hall–Kier alpha value is -1.36. The third-order valence-electron chi connectivity index (χ3n) is 1.63. The standard InChI is InChI=1S/C8H12N2O3/c1-5-3-7(13-10-5)4-9-6(2)8(11)12/h3,6,9H,4H2,1-2H3,(H,11,12). The molecule has 0 saturated heterocycles. The van der Waals surface area contributed by atoms with Crippen LogP contribution in [-0.2, 0) is 11.3 Å². The van der Waals surface area contributed by atoms with Gasteiger partial charge in [0.25, 0.3) is 0 Å². The van der Waals surface area contributed by atoms with Crippen LogP contribution in [0.25, 0.3) is 0 Å². The second-order valence-corrected chi connectivity index (χ2v) is 2.88. The Morgan fingerprint density at radius 1 is 1.85 bits per heavy atom. The van der Waals surface area contributed by atoms with Crippen molar-refractivity contribution in [3.8, 4) is 0 Å². The summed E-state index contributed by atoms with van der Waals surface area (Å²) in [5.74, 6) is -0.234. The number of nitrogens with one attached hydrogen (secondary N) is 1. The predicted octanol–water partition coefficient (Wildman–Crippen LogP) is 0.546. The summed E-state index contributed by atoms with van der Waals surface area (Å²) in [5.41, 5.74) is 0.791. The van der Waals surface area contributed by atoms with E-state index >= 15 is 0 Å². The maximum Gasteiger partial charge on any atom is 0.320 e. The predicted molar refractivity (Wildman–Crippen MR) is 45.2 cm³/mol. The summed E-state index contributed by atoms with van der Waals surface area (Å²) >= 11 is 0. The molecule has 2 N–H and O–H groups in total. The molecule has 1 rings (SSSR count). The second kappa shape index (κ2) is 4.04. The highest BCUT2D eigenvalue weighted by atomic mass is 16.5. The molecular formula is C8H12N2O3. The van der Waals surface area contributed by atoms with E-state index in [9.17, 15) is 4.79 Å². The van der Waals surface area contributed by atoms with E-state index in [4.69, 9.17) is 9.63 Å². The van der Waals surface area contributed by atoms with E-state index in [-0.39, 0.29) is 0 Å². The number of carboxylic acids is 1. The first-order valence-corrected chi connectivity index (χ1v) is 3.98. The van der Waals surface area contributed by atoms with Gasteiger partial charge in [0, 0.05) is 6.07 Å². The van der Waals surface area contributed by atoms with Gasteiger partial charge in [0.05, 0.1) is 12.2 Å². The van der Waals surface area contributed by atoms with Crippen molar-refractivity contribution in [3.63, 3.8) is 0 Å². The first-order chi connectivity index (χ1) is 6.09. The minimum atomic E-state index is -0.878. The summed E-state index contributed by atoms with van der Waals surface area (Å²) in [7, 11) is 0. The van der Waals surface area contributed by atoms with Crippen LogP contribution in [0.5, 0.6) is 0 Å². The highest BCUT2D eigenvalue weighted by molar-refractivity contribution is 5.72. The summed E-state index contributed by atoms with van der Waals surface area (Å²) < 4.78 is 4.89. The fourth-order valence-electron chi connectivity index (χ4n) is 0.841. The van der Waals surface area contributed by atoms with Gasteiger partial charge in [0.15, 0.2) is 5.76 Å². The Morgan fingerprint density at radius 2 is 2.54 bits per heavy atom. The minimum Gasteiger partial charge on any atom is -0.480 e. The van der Waals surface area contributed by atoms with Crippen LogP contribution < -0.4 is 5.32 Å². The van der Waals surface area contributed by atoms with Crippen LogP contribution in [0.3, 0.4) is 0 Å². The van der Waals surface area contributed by atoms with Gasteiger partial charge in [-0.2, -0.15) is 0 Å². The second-order valence-electron chi connectivity index (χ2n) is 2.88. The number of aryl methyl sites for hydroxylation is 1. The Kier molecular flexibility index (Phi) is 3.02. The van der Waals surface area contributed by atoms with E-state index < -0.39 is 12.0 Å². The first kappa shape index (κ1) is 9.73. The van der Waals surface area contributed by atoms with E-state index in [1.165, 1.54) is 0 Å². The molecule has 1 aromatic rings. The zero-order valence-electron chi connectivity index (χ0n) is 7.57. The molecule has 0 aliphatic heterocycles. The minimum absolute atomic E-state index is 0.383. The van der Waals surface area contributed by atoms with Crippen LogP contribution in [-0.4, -0.2) is 22.3 Å². The van der Waals surface area contributed by atoms with Crippen LogP contribution in [0.2, 0.25) is 0 Å². The van der Waals surface area contributed by atoms with Gasteiger partial charge in [-0.05, 0) is 13.8 Å². The maximum atomic E-state index is 10.4. The Labute approximate surface area is 75.7 Å². The third kappa shape index (κ3) is 2.87. The van der Waals surface area contributed by atoms with Gasteiger partial charge >= 0.3 is 5.97 Å². The molecular weight excluding hydrogens is 172 g/mol. The van der Waals surface area contributed by atoms with Crippen molar-refractivity contribution < 1.29 is 14.4 Å². The topological polar surface area (TPSA) is 75.4 Å². The molecule has 0 amide bonds. The van der Waals surface area contributed by atoms with E-state index in [1.54, 1.807) is 13.0 Å². The molecule has 0 aromatic carbocycles. The molecule has 1 unspecified atom stereocenters. The fourth-order valence-corrected chi connectivity index (χ4v) is 0.841. The lowest BCUT2D eigenvalue weighted by atomic mass is 10.3. The smallest absolute Gasteiger partial charge is 0.320 e. The average molecular weight is 184 g/mol. The molecule has 5 nitrogen and oxygen atoms in total. The van der Waals surface area contributed by atoms with Gasteiger partial charge in [-0.1, -0.05) is 5.16 Å². The molecule has 13 heavy (non-hydrogen) atoms. The van der Waals surface area contributed by atoms with Crippen molar-refractivity contribution in [2.45, 2.75) is 26.4 Å². The van der Waals surface area contributed by atoms with Crippen LogP contribution in [0.4, 0.5) is 0 Å². The molecule has 0 aliphatic rings. The molecule has 72 valence electrons. The zero-order valence-corrected chi connectivity index (χ0v) is 7.57. The van der Waals surface area contributed by atoms with E-state index in [2.05, 4.69) is 10.5 Å². The quantitative estimate of drug-likeness (QED) is 0.714. The zero-order chi connectivity index (χ0) is 9.84. The summed E-state index contributed by atoms with van der Waals surface area (Å²) in [6.07, 6.45) is 0. The highest BCUT2D eigenvalue weighted by Gasteiger charge is 2.10. The SMILES string of the molecule is Cc1cc(CNC(C)C(=O)O)on1. The van der Waals surface area contributed by atoms with Crippen molar-refractivity contribution in [2.75, 3.05) is 0 Å². The number of aromatic nitrogens is 1. The normalized spacial score (nSPS) is 12.8. The Bertz CT molecular complexity index is 295. The summed E-state index contributed by atoms with van der Waals surface area (Å²) in [6.45, 7) is 3.77. The van der Waals surface area contributed by atoms with Gasteiger partial charge in [-0.15, -0.1) is 0 Å². The first-order valence-electron chi connectivity index (χ1n) is 3.98. The van der Waals surface area contributed by atoms with Crippen LogP contribution in [0.15, 0.2) is 10.6 Å². The number of rotatable bonds is 4. The van der Waals surface area contributed by atoms with Crippen molar-refractivity contribution in [1.82, 2.24) is 10.5 Å². The lowest BCUT2D eigenvalue weighted by Crippen LogP contribution is -2.32. The molecule has 0 fully saturated rings. The number of carboxylic acid groups (broad SMARTS) is 1. The van der Waals surface area contributed by atoms with Crippen LogP contribution in [0.1, 0.15) is 18.4 Å². The van der Waals surface area contributed by atoms with Crippen molar-refractivity contribution in [1.29, 1.82) is 0 Å². The molecule has 0 bridgehead atoms. The highest BCUT2D eigenvalue weighted by Crippen LogP contribution is 2.01. The lowest BCUT2D eigenvalue weighted by Gasteiger charge is -2.05. The van der Waals surface area contributed by atoms with E-state index in [0.29, 0.717) is 12.3 Å². The summed E-state index contributed by atoms with van der Waals surface area (Å²) in [4.78, 5) is 10.4. The lowest BCUT2D eigenvalue weighted by molar-refractivity contribution is -0.139. The number of hydrogen-bond acceptors (Lipinski definition) is 4. The third-order valence-corrected chi connectivity index (χ3v) is 1.63. The molecule has 1 heterocycles. The molecule has 1 atom stereocenters. The molecule has 0 saturated carbocycles. The van der Waals surface area contributed by atoms with Crippen LogP contribution in [0, 0.1) is 6.92 Å². The molecule has 5 heteroatoms. The van der Waals surface area contributed by atoms with Gasteiger partial charge < -0.3 is 9.63 Å². The maximum absolute atomic E-state index is 10.4. The summed E-state index contributed by atoms with van der Waals surface area (Å²) in [5, 5.41) is 15.0. The van der Waals surface area contributed by atoms with Crippen molar-refractivity contribution in [3.05, 3.63) is 17.5 Å². The number of aliphatic carboxylic acids is 1. The van der Waals surface area contributed by atoms with E-state index in [0.717, 1.165) is 5.69 Å². The van der Waals surface area contributed by atoms with Gasteiger partial charge in [0.2, 0.25) is 0 Å². The van der Waals surface area contributed by atoms with Crippen molar-refractivity contribution >= 4 is 5.97 Å². The fraction of sp³-hybridized carbons (Fsp3) is 0.500. The molecule has 1 aromatic heterocycles. The van der Waals surface area contributed by atoms with E-state index in [1.807, 2.05) is 6.92 Å². The van der Waals surface area contributed by atoms with Crippen molar-refractivity contribution in [2.24, 2.45) is 0 Å². The Morgan fingerprint density at radius 3 is 3.00 bits per heavy atom. The number of hydrogen-bond donors (Lipinski definition) is 2. The monoisotopic (exact) mass is 184 g/mol. The molecule has 0 aliphatic carbocycles. The van der Waals surface area contributed by atoms with Crippen LogP contribution >= 0.6 is 0 Å². The number of nitrogens with zero attached hydrogens (tertiary/aromatic N) is 1. The average Bonchev–Trinajstić information content (AvgIpc) is 2.47. The molecule has 0 spiro atoms. The van der Waals surface area contributed by atoms with Gasteiger partial charge in [-0.25, -0.2) is 0 Å². The van der Waals surface area contributed by atoms with Gasteiger partial charge in [0.1, 0.15) is 6.04 Å². The largest absolute Gasteiger partial charge is 0.480 e. The summed E-state index contributed by atoms with van der Waals surface area (Å²) in [6, 6.07) is 1.19. The molecule has 0 radical (unpaired) electrons. The van der Waals surface area contributed by atoms with Gasteiger partial charge in [-0.3, -0.25) is 10.1 Å². The Balaban J connectivity index is 2.39. The number of carbonyl (C=O) groups is 1.